The molecule has 0 rings (SSSR count). The molecule has 0 saturated heterocycles. The van der Waals surface area contributed by atoms with Gasteiger partial charge in [-0.05, 0) is 18.4 Å². The van der Waals surface area contributed by atoms with Gasteiger partial charge in [-0.2, -0.15) is 0 Å². The van der Waals surface area contributed by atoms with Gasteiger partial charge >= 0.3 is 0 Å². The molecule has 0 aromatic rings. The number of nitrogens with two attached hydrogens (primary N) is 1. The Balaban J connectivity index is 3.63. The molecule has 0 aliphatic heterocycles. The molecule has 1 heteroatoms. The number of hydrogen-bond donors (Lipinski definition) is 1. The third-order valence-electron chi connectivity index (χ3n) is 1.94. The van der Waals surface area contributed by atoms with Crippen LogP contribution in [0.2, 0.25) is 0 Å². The number of hydrogen-bond acceptors (Lipinski definition) is 1. The van der Waals surface area contributed by atoms with Crippen molar-refractivity contribution in [3.63, 3.8) is 0 Å². The van der Waals surface area contributed by atoms with Crippen LogP contribution in [-0.4, -0.2) is 6.54 Å². The van der Waals surface area contributed by atoms with E-state index in [-0.39, 0.29) is 0 Å². The van der Waals surface area contributed by atoms with Crippen molar-refractivity contribution >= 4 is 0 Å². The van der Waals surface area contributed by atoms with Crippen molar-refractivity contribution in [2.24, 2.45) is 17.6 Å². The van der Waals surface area contributed by atoms with E-state index in [1.54, 1.807) is 0 Å². The van der Waals surface area contributed by atoms with Crippen LogP contribution in [0.3, 0.4) is 0 Å². The van der Waals surface area contributed by atoms with Crippen LogP contribution in [0.15, 0.2) is 12.7 Å². The molecule has 0 heterocycles. The molecule has 0 saturated carbocycles. The Morgan fingerprint density at radius 3 is 2.33 bits per heavy atom. The van der Waals surface area contributed by atoms with E-state index in [0.29, 0.717) is 11.8 Å². The molecule has 2 N–H and O–H groups in total. The topological polar surface area (TPSA) is 26.0 Å². The fourth-order valence-electron chi connectivity index (χ4n) is 0.946. The molecule has 2 unspecified atom stereocenters. The van der Waals surface area contributed by atoms with Crippen LogP contribution in [0.4, 0.5) is 0 Å². The number of allylic oxidation sites excluding steroid dienone is 1. The van der Waals surface area contributed by atoms with E-state index in [4.69, 9.17) is 5.73 Å². The van der Waals surface area contributed by atoms with Gasteiger partial charge in [0.2, 0.25) is 0 Å². The summed E-state index contributed by atoms with van der Waals surface area (Å²) in [6.45, 7) is 8.83. The van der Waals surface area contributed by atoms with E-state index in [0.717, 1.165) is 13.0 Å². The highest BCUT2D eigenvalue weighted by Crippen LogP contribution is 2.13. The summed E-state index contributed by atoms with van der Waals surface area (Å²) in [5, 5.41) is 0. The van der Waals surface area contributed by atoms with E-state index in [1.807, 2.05) is 6.08 Å². The summed E-state index contributed by atoms with van der Waals surface area (Å²) < 4.78 is 0. The van der Waals surface area contributed by atoms with Crippen molar-refractivity contribution in [3.8, 4) is 0 Å². The van der Waals surface area contributed by atoms with Crippen molar-refractivity contribution < 1.29 is 0 Å². The maximum absolute atomic E-state index is 5.51. The zero-order valence-electron chi connectivity index (χ0n) is 6.43. The molecule has 0 spiro atoms. The van der Waals surface area contributed by atoms with Crippen LogP contribution < -0.4 is 5.73 Å². The Morgan fingerprint density at radius 2 is 2.22 bits per heavy atom. The van der Waals surface area contributed by atoms with Gasteiger partial charge in [-0.3, -0.25) is 0 Å². The predicted octanol–water partition coefficient (Wildman–Crippen LogP) is 1.79. The molecule has 0 aromatic carbocycles. The van der Waals surface area contributed by atoms with Gasteiger partial charge in [-0.1, -0.05) is 26.3 Å². The van der Waals surface area contributed by atoms with Gasteiger partial charge in [0.1, 0.15) is 0 Å². The third kappa shape index (κ3) is 2.66. The van der Waals surface area contributed by atoms with Crippen molar-refractivity contribution in [2.45, 2.75) is 20.3 Å². The first-order valence-corrected chi connectivity index (χ1v) is 3.58. The van der Waals surface area contributed by atoms with Gasteiger partial charge in [-0.25, -0.2) is 0 Å². The monoisotopic (exact) mass is 127 g/mol. The second kappa shape index (κ2) is 4.57. The Morgan fingerprint density at radius 1 is 1.67 bits per heavy atom. The molecule has 54 valence electrons. The fourth-order valence-corrected chi connectivity index (χ4v) is 0.946. The molecule has 2 atom stereocenters. The largest absolute Gasteiger partial charge is 0.330 e. The first-order chi connectivity index (χ1) is 4.26. The number of rotatable bonds is 4. The first-order valence-electron chi connectivity index (χ1n) is 3.58. The van der Waals surface area contributed by atoms with Crippen LogP contribution in [0.5, 0.6) is 0 Å². The van der Waals surface area contributed by atoms with E-state index in [1.165, 1.54) is 0 Å². The molecule has 0 aromatic heterocycles. The zero-order chi connectivity index (χ0) is 7.28. The Kier molecular flexibility index (Phi) is 4.41. The normalized spacial score (nSPS) is 16.8. The second-order valence-corrected chi connectivity index (χ2v) is 2.50. The third-order valence-corrected chi connectivity index (χ3v) is 1.94. The lowest BCUT2D eigenvalue weighted by Gasteiger charge is -2.16. The van der Waals surface area contributed by atoms with Gasteiger partial charge in [0, 0.05) is 0 Å². The van der Waals surface area contributed by atoms with Crippen molar-refractivity contribution in [1.29, 1.82) is 0 Å². The summed E-state index contributed by atoms with van der Waals surface area (Å²) in [5.74, 6) is 1.20. The molecular weight excluding hydrogens is 110 g/mol. The summed E-state index contributed by atoms with van der Waals surface area (Å²) in [6.07, 6.45) is 3.13. The molecule has 0 aliphatic rings. The summed E-state index contributed by atoms with van der Waals surface area (Å²) >= 11 is 0. The summed E-state index contributed by atoms with van der Waals surface area (Å²) in [7, 11) is 0. The van der Waals surface area contributed by atoms with Crippen molar-refractivity contribution in [2.75, 3.05) is 6.54 Å². The fraction of sp³-hybridized carbons (Fsp3) is 0.750. The lowest BCUT2D eigenvalue weighted by atomic mass is 9.92. The van der Waals surface area contributed by atoms with Gasteiger partial charge in [0.25, 0.3) is 0 Å². The molecule has 0 bridgehead atoms. The minimum atomic E-state index is 0.569. The maximum Gasteiger partial charge on any atom is -0.00434 e. The quantitative estimate of drug-likeness (QED) is 0.572. The smallest absolute Gasteiger partial charge is 0.00434 e. The minimum Gasteiger partial charge on any atom is -0.330 e. The molecule has 1 nitrogen and oxygen atoms in total. The van der Waals surface area contributed by atoms with E-state index in [9.17, 15) is 0 Å². The zero-order valence-corrected chi connectivity index (χ0v) is 6.43. The van der Waals surface area contributed by atoms with Gasteiger partial charge in [0.05, 0.1) is 0 Å². The maximum atomic E-state index is 5.51. The molecule has 0 aliphatic carbocycles. The highest BCUT2D eigenvalue weighted by atomic mass is 14.5. The molecule has 0 radical (unpaired) electrons. The lowest BCUT2D eigenvalue weighted by Crippen LogP contribution is -2.19. The van der Waals surface area contributed by atoms with Gasteiger partial charge in [-0.15, -0.1) is 6.58 Å². The summed E-state index contributed by atoms with van der Waals surface area (Å²) in [4.78, 5) is 0. The van der Waals surface area contributed by atoms with E-state index >= 15 is 0 Å². The molecular formula is C8H17N. The van der Waals surface area contributed by atoms with E-state index < -0.39 is 0 Å². The minimum absolute atomic E-state index is 0.569. The van der Waals surface area contributed by atoms with Gasteiger partial charge < -0.3 is 5.73 Å². The van der Waals surface area contributed by atoms with Crippen molar-refractivity contribution in [1.82, 2.24) is 0 Å². The predicted molar refractivity (Wildman–Crippen MR) is 42.2 cm³/mol. The molecule has 0 fully saturated rings. The second-order valence-electron chi connectivity index (χ2n) is 2.50. The highest BCUT2D eigenvalue weighted by molar-refractivity contribution is 4.80. The first kappa shape index (κ1) is 8.70. The average molecular weight is 127 g/mol. The SMILES string of the molecule is C=CC(C)C(CC)CN. The van der Waals surface area contributed by atoms with Crippen LogP contribution in [0.1, 0.15) is 20.3 Å². The van der Waals surface area contributed by atoms with Crippen LogP contribution in [-0.2, 0) is 0 Å². The molecule has 0 amide bonds. The average Bonchev–Trinajstić information content (AvgIpc) is 1.90. The Labute approximate surface area is 57.9 Å². The summed E-state index contributed by atoms with van der Waals surface area (Å²) in [5.41, 5.74) is 5.51. The highest BCUT2D eigenvalue weighted by Gasteiger charge is 2.08. The van der Waals surface area contributed by atoms with E-state index in [2.05, 4.69) is 20.4 Å². The van der Waals surface area contributed by atoms with Crippen LogP contribution >= 0.6 is 0 Å². The van der Waals surface area contributed by atoms with Crippen molar-refractivity contribution in [3.05, 3.63) is 12.7 Å². The lowest BCUT2D eigenvalue weighted by molar-refractivity contribution is 0.418. The summed E-state index contributed by atoms with van der Waals surface area (Å²) in [6, 6.07) is 0. The van der Waals surface area contributed by atoms with Crippen LogP contribution in [0, 0.1) is 11.8 Å². The standard InChI is InChI=1S/C8H17N/c1-4-7(3)8(5-2)6-9/h4,7-8H,1,5-6,9H2,2-3H3. The molecule has 9 heavy (non-hydrogen) atoms. The van der Waals surface area contributed by atoms with Crippen LogP contribution in [0.25, 0.3) is 0 Å². The van der Waals surface area contributed by atoms with Gasteiger partial charge in [0.15, 0.2) is 0 Å². The Bertz CT molecular complexity index is 74.6. The Hall–Kier alpha value is -0.300.